The summed E-state index contributed by atoms with van der Waals surface area (Å²) in [5.41, 5.74) is 3.21. The zero-order valence-corrected chi connectivity index (χ0v) is 12.8. The summed E-state index contributed by atoms with van der Waals surface area (Å²) in [5, 5.41) is 1.20. The van der Waals surface area contributed by atoms with Crippen molar-refractivity contribution in [3.63, 3.8) is 0 Å². The Morgan fingerprint density at radius 2 is 1.75 bits per heavy atom. The van der Waals surface area contributed by atoms with Crippen molar-refractivity contribution in [2.24, 2.45) is 0 Å². The van der Waals surface area contributed by atoms with Gasteiger partial charge in [-0.1, -0.05) is 53.0 Å². The predicted molar refractivity (Wildman–Crippen MR) is 84.7 cm³/mol. The van der Waals surface area contributed by atoms with Gasteiger partial charge in [-0.05, 0) is 42.7 Å². The van der Waals surface area contributed by atoms with Gasteiger partial charge in [0.25, 0.3) is 0 Å². The molecule has 0 aliphatic carbocycles. The van der Waals surface area contributed by atoms with E-state index in [9.17, 15) is 4.79 Å². The highest BCUT2D eigenvalue weighted by Gasteiger charge is 2.08. The molecule has 0 bridgehead atoms. The van der Waals surface area contributed by atoms with Crippen LogP contribution >= 0.6 is 23.2 Å². The van der Waals surface area contributed by atoms with Crippen LogP contribution in [0.4, 0.5) is 0 Å². The molecule has 0 aromatic heterocycles. The molecule has 0 radical (unpaired) electrons. The third-order valence-corrected chi connectivity index (χ3v) is 3.81. The minimum atomic E-state index is 0.176. The average Bonchev–Trinajstić information content (AvgIpc) is 2.42. The summed E-state index contributed by atoms with van der Waals surface area (Å²) in [6.07, 6.45) is 1.62. The van der Waals surface area contributed by atoms with Gasteiger partial charge in [-0.3, -0.25) is 4.79 Å². The van der Waals surface area contributed by atoms with E-state index in [4.69, 9.17) is 23.2 Å². The zero-order chi connectivity index (χ0) is 14.5. The predicted octanol–water partition coefficient (Wildman–Crippen LogP) is 5.05. The first-order chi connectivity index (χ1) is 9.54. The van der Waals surface area contributed by atoms with Crippen LogP contribution in [0.15, 0.2) is 42.5 Å². The largest absolute Gasteiger partial charge is 0.299 e. The molecule has 0 saturated heterocycles. The maximum atomic E-state index is 12.0. The summed E-state index contributed by atoms with van der Waals surface area (Å²) in [7, 11) is 0. The number of rotatable bonds is 5. The van der Waals surface area contributed by atoms with E-state index in [1.54, 1.807) is 18.2 Å². The molecule has 0 spiro atoms. The normalized spacial score (nSPS) is 10.6. The Kier molecular flexibility index (Phi) is 5.22. The van der Waals surface area contributed by atoms with Crippen LogP contribution in [0.2, 0.25) is 10.0 Å². The maximum absolute atomic E-state index is 12.0. The molecule has 2 aromatic carbocycles. The van der Waals surface area contributed by atoms with Crippen molar-refractivity contribution in [3.05, 3.63) is 69.2 Å². The molecule has 0 unspecified atom stereocenters. The van der Waals surface area contributed by atoms with Crippen LogP contribution < -0.4 is 0 Å². The average molecular weight is 307 g/mol. The Hall–Kier alpha value is -1.31. The van der Waals surface area contributed by atoms with E-state index in [-0.39, 0.29) is 5.78 Å². The summed E-state index contributed by atoms with van der Waals surface area (Å²) in [4.78, 5) is 12.0. The highest BCUT2D eigenvalue weighted by molar-refractivity contribution is 6.33. The van der Waals surface area contributed by atoms with Gasteiger partial charge in [0.2, 0.25) is 0 Å². The second-order valence-corrected chi connectivity index (χ2v) is 5.78. The molecule has 2 rings (SSSR count). The standard InChI is InChI=1S/C17H16Cl2O/c1-12-2-4-13(5-3-12)6-8-16(20)11-14-10-15(18)7-9-17(14)19/h2-5,7,9-10H,6,8,11H2,1H3. The van der Waals surface area contributed by atoms with E-state index >= 15 is 0 Å². The second kappa shape index (κ2) is 6.92. The van der Waals surface area contributed by atoms with Crippen LogP contribution in [0.3, 0.4) is 0 Å². The lowest BCUT2D eigenvalue weighted by Gasteiger charge is -2.05. The number of carbonyl (C=O) groups excluding carboxylic acids is 1. The molecule has 0 N–H and O–H groups in total. The van der Waals surface area contributed by atoms with E-state index in [0.29, 0.717) is 22.9 Å². The van der Waals surface area contributed by atoms with Crippen LogP contribution in [-0.4, -0.2) is 5.78 Å². The molecule has 0 heterocycles. The smallest absolute Gasteiger partial charge is 0.137 e. The summed E-state index contributed by atoms with van der Waals surface area (Å²) < 4.78 is 0. The van der Waals surface area contributed by atoms with Crippen LogP contribution in [0.5, 0.6) is 0 Å². The third kappa shape index (κ3) is 4.36. The van der Waals surface area contributed by atoms with E-state index in [1.165, 1.54) is 11.1 Å². The summed E-state index contributed by atoms with van der Waals surface area (Å²) >= 11 is 12.0. The number of ketones is 1. The highest BCUT2D eigenvalue weighted by atomic mass is 35.5. The maximum Gasteiger partial charge on any atom is 0.137 e. The lowest BCUT2D eigenvalue weighted by atomic mass is 10.0. The van der Waals surface area contributed by atoms with Gasteiger partial charge in [-0.2, -0.15) is 0 Å². The summed E-state index contributed by atoms with van der Waals surface area (Å²) in [6.45, 7) is 2.05. The molecule has 0 aliphatic rings. The number of hydrogen-bond acceptors (Lipinski definition) is 1. The molecule has 104 valence electrons. The van der Waals surface area contributed by atoms with Crippen molar-refractivity contribution >= 4 is 29.0 Å². The quantitative estimate of drug-likeness (QED) is 0.755. The Bertz CT molecular complexity index is 603. The van der Waals surface area contributed by atoms with E-state index in [1.807, 2.05) is 0 Å². The second-order valence-electron chi connectivity index (χ2n) is 4.94. The third-order valence-electron chi connectivity index (χ3n) is 3.21. The number of aryl methyl sites for hydroxylation is 2. The fraction of sp³-hybridized carbons (Fsp3) is 0.235. The first kappa shape index (κ1) is 15.1. The fourth-order valence-corrected chi connectivity index (χ4v) is 2.40. The van der Waals surface area contributed by atoms with Crippen LogP contribution in [0, 0.1) is 6.92 Å². The van der Waals surface area contributed by atoms with Crippen molar-refractivity contribution in [2.45, 2.75) is 26.2 Å². The number of hydrogen-bond donors (Lipinski definition) is 0. The van der Waals surface area contributed by atoms with Crippen LogP contribution in [-0.2, 0) is 17.6 Å². The van der Waals surface area contributed by atoms with Crippen LogP contribution in [0.25, 0.3) is 0 Å². The molecule has 2 aromatic rings. The van der Waals surface area contributed by atoms with E-state index in [0.717, 1.165) is 12.0 Å². The summed E-state index contributed by atoms with van der Waals surface area (Å²) in [5.74, 6) is 0.176. The number of carbonyl (C=O) groups is 1. The molecule has 0 aliphatic heterocycles. The number of Topliss-reactive ketones (excluding diaryl/α,β-unsaturated/α-hetero) is 1. The molecule has 0 atom stereocenters. The van der Waals surface area contributed by atoms with E-state index in [2.05, 4.69) is 31.2 Å². The molecule has 1 nitrogen and oxygen atoms in total. The molecule has 0 saturated carbocycles. The minimum absolute atomic E-state index is 0.176. The monoisotopic (exact) mass is 306 g/mol. The van der Waals surface area contributed by atoms with Crippen molar-refractivity contribution in [1.82, 2.24) is 0 Å². The Morgan fingerprint density at radius 1 is 1.05 bits per heavy atom. The van der Waals surface area contributed by atoms with Crippen LogP contribution in [0.1, 0.15) is 23.1 Å². The number of halogens is 2. The van der Waals surface area contributed by atoms with Gasteiger partial charge in [0.15, 0.2) is 0 Å². The molecular weight excluding hydrogens is 291 g/mol. The Morgan fingerprint density at radius 3 is 2.45 bits per heavy atom. The van der Waals surface area contributed by atoms with Gasteiger partial charge in [-0.15, -0.1) is 0 Å². The SMILES string of the molecule is Cc1ccc(CCC(=O)Cc2cc(Cl)ccc2Cl)cc1. The van der Waals surface area contributed by atoms with Crippen molar-refractivity contribution < 1.29 is 4.79 Å². The molecule has 3 heteroatoms. The lowest BCUT2D eigenvalue weighted by molar-refractivity contribution is -0.118. The first-order valence-corrected chi connectivity index (χ1v) is 7.31. The minimum Gasteiger partial charge on any atom is -0.299 e. The van der Waals surface area contributed by atoms with Gasteiger partial charge >= 0.3 is 0 Å². The lowest BCUT2D eigenvalue weighted by Crippen LogP contribution is -2.05. The topological polar surface area (TPSA) is 17.1 Å². The molecule has 20 heavy (non-hydrogen) atoms. The van der Waals surface area contributed by atoms with Crippen molar-refractivity contribution in [2.75, 3.05) is 0 Å². The van der Waals surface area contributed by atoms with Gasteiger partial charge in [0, 0.05) is 22.9 Å². The zero-order valence-electron chi connectivity index (χ0n) is 11.3. The van der Waals surface area contributed by atoms with Gasteiger partial charge in [-0.25, -0.2) is 0 Å². The van der Waals surface area contributed by atoms with Crippen molar-refractivity contribution in [1.29, 1.82) is 0 Å². The fourth-order valence-electron chi connectivity index (χ4n) is 2.02. The summed E-state index contributed by atoms with van der Waals surface area (Å²) in [6, 6.07) is 13.5. The first-order valence-electron chi connectivity index (χ1n) is 6.56. The Balaban J connectivity index is 1.92. The van der Waals surface area contributed by atoms with E-state index < -0.39 is 0 Å². The van der Waals surface area contributed by atoms with Gasteiger partial charge < -0.3 is 0 Å². The van der Waals surface area contributed by atoms with Gasteiger partial charge in [0.05, 0.1) is 0 Å². The van der Waals surface area contributed by atoms with Crippen molar-refractivity contribution in [3.8, 4) is 0 Å². The molecule has 0 amide bonds. The Labute approximate surface area is 129 Å². The number of benzene rings is 2. The molecular formula is C17H16Cl2O. The molecule has 0 fully saturated rings. The highest BCUT2D eigenvalue weighted by Crippen LogP contribution is 2.21. The van der Waals surface area contributed by atoms with Gasteiger partial charge in [0.1, 0.15) is 5.78 Å².